The lowest BCUT2D eigenvalue weighted by Gasteiger charge is -2.26. The number of benzene rings is 3. The SMILES string of the molecule is O=C(O)c1ccc(N(c2ccccc2)c2ccc(N(c3ccccc3)c3ccc(C(=O)O)s3)cc2)s1. The van der Waals surface area contributed by atoms with Crippen molar-refractivity contribution in [2.75, 3.05) is 9.80 Å². The third kappa shape index (κ3) is 4.72. The molecule has 178 valence electrons. The molecule has 0 unspecified atom stereocenters. The fourth-order valence-electron chi connectivity index (χ4n) is 3.84. The van der Waals surface area contributed by atoms with E-state index in [4.69, 9.17) is 0 Å². The van der Waals surface area contributed by atoms with Gasteiger partial charge in [-0.25, -0.2) is 9.59 Å². The van der Waals surface area contributed by atoms with Crippen LogP contribution in [0.1, 0.15) is 19.3 Å². The van der Waals surface area contributed by atoms with Crippen LogP contribution < -0.4 is 9.80 Å². The van der Waals surface area contributed by atoms with Gasteiger partial charge in [-0.3, -0.25) is 0 Å². The van der Waals surface area contributed by atoms with Crippen molar-refractivity contribution in [3.8, 4) is 0 Å². The fraction of sp³-hybridized carbons (Fsp3) is 0. The lowest BCUT2D eigenvalue weighted by Crippen LogP contribution is -2.10. The van der Waals surface area contributed by atoms with E-state index in [1.165, 1.54) is 22.7 Å². The summed E-state index contributed by atoms with van der Waals surface area (Å²) in [5.74, 6) is -1.91. The van der Waals surface area contributed by atoms with Gasteiger partial charge in [0, 0.05) is 22.7 Å². The summed E-state index contributed by atoms with van der Waals surface area (Å²) < 4.78 is 0. The maximum atomic E-state index is 11.5. The Morgan fingerprint density at radius 3 is 1.11 bits per heavy atom. The minimum absolute atomic E-state index is 0.268. The number of nitrogens with zero attached hydrogens (tertiary/aromatic N) is 2. The summed E-state index contributed by atoms with van der Waals surface area (Å²) in [5.41, 5.74) is 3.56. The lowest BCUT2D eigenvalue weighted by atomic mass is 10.2. The monoisotopic (exact) mass is 512 g/mol. The summed E-state index contributed by atoms with van der Waals surface area (Å²) in [6.45, 7) is 0. The highest BCUT2D eigenvalue weighted by atomic mass is 32.1. The molecule has 0 saturated heterocycles. The zero-order valence-corrected chi connectivity index (χ0v) is 20.4. The predicted molar refractivity (Wildman–Crippen MR) is 145 cm³/mol. The molecule has 0 spiro atoms. The van der Waals surface area contributed by atoms with Crippen LogP contribution in [0.25, 0.3) is 0 Å². The van der Waals surface area contributed by atoms with Gasteiger partial charge in [0.15, 0.2) is 0 Å². The van der Waals surface area contributed by atoms with Crippen molar-refractivity contribution in [1.82, 2.24) is 0 Å². The molecule has 0 aliphatic carbocycles. The number of para-hydroxylation sites is 2. The number of carboxylic acid groups (broad SMARTS) is 2. The van der Waals surface area contributed by atoms with Crippen molar-refractivity contribution in [3.05, 3.63) is 119 Å². The van der Waals surface area contributed by atoms with Crippen molar-refractivity contribution in [1.29, 1.82) is 0 Å². The van der Waals surface area contributed by atoms with Crippen LogP contribution in [-0.4, -0.2) is 22.2 Å². The number of thiophene rings is 2. The van der Waals surface area contributed by atoms with Crippen LogP contribution in [0.3, 0.4) is 0 Å². The standard InChI is InChI=1S/C28H20N2O4S2/c31-27(32)23-15-17-25(35-23)29(19-7-3-1-4-8-19)21-11-13-22(14-12-21)30(20-9-5-2-6-10-20)26-18-16-24(36-26)28(33)34/h1-18H,(H,31,32)(H,33,34). The van der Waals surface area contributed by atoms with Gasteiger partial charge in [-0.1, -0.05) is 36.4 Å². The lowest BCUT2D eigenvalue weighted by molar-refractivity contribution is 0.0691. The van der Waals surface area contributed by atoms with Crippen LogP contribution >= 0.6 is 22.7 Å². The third-order valence-electron chi connectivity index (χ3n) is 5.44. The van der Waals surface area contributed by atoms with Gasteiger partial charge in [0.1, 0.15) is 19.8 Å². The van der Waals surface area contributed by atoms with Gasteiger partial charge in [-0.15, -0.1) is 22.7 Å². The molecule has 0 fully saturated rings. The molecule has 0 radical (unpaired) electrons. The van der Waals surface area contributed by atoms with Crippen molar-refractivity contribution in [3.63, 3.8) is 0 Å². The topological polar surface area (TPSA) is 81.1 Å². The smallest absolute Gasteiger partial charge is 0.345 e. The first-order valence-electron chi connectivity index (χ1n) is 11.0. The van der Waals surface area contributed by atoms with Gasteiger partial charge in [0.25, 0.3) is 0 Å². The van der Waals surface area contributed by atoms with Crippen molar-refractivity contribution in [2.24, 2.45) is 0 Å². The largest absolute Gasteiger partial charge is 0.477 e. The summed E-state index contributed by atoms with van der Waals surface area (Å²) >= 11 is 2.42. The van der Waals surface area contributed by atoms with E-state index in [2.05, 4.69) is 0 Å². The zero-order valence-electron chi connectivity index (χ0n) is 18.8. The average Bonchev–Trinajstić information content (AvgIpc) is 3.58. The molecule has 8 heteroatoms. The summed E-state index contributed by atoms with van der Waals surface area (Å²) in [7, 11) is 0. The summed E-state index contributed by atoms with van der Waals surface area (Å²) in [5, 5.41) is 20.4. The van der Waals surface area contributed by atoms with Gasteiger partial charge in [-0.2, -0.15) is 0 Å². The number of hydrogen-bond acceptors (Lipinski definition) is 6. The molecule has 0 bridgehead atoms. The summed E-state index contributed by atoms with van der Waals surface area (Å²) in [6, 6.07) is 34.3. The van der Waals surface area contributed by atoms with E-state index in [-0.39, 0.29) is 9.75 Å². The minimum atomic E-state index is -0.954. The second-order valence-corrected chi connectivity index (χ2v) is 9.87. The maximum absolute atomic E-state index is 11.5. The third-order valence-corrected chi connectivity index (χ3v) is 7.56. The van der Waals surface area contributed by atoms with E-state index >= 15 is 0 Å². The van der Waals surface area contributed by atoms with Gasteiger partial charge >= 0.3 is 11.9 Å². The Bertz CT molecular complexity index is 1380. The van der Waals surface area contributed by atoms with Gasteiger partial charge in [0.05, 0.1) is 0 Å². The highest BCUT2D eigenvalue weighted by molar-refractivity contribution is 7.18. The van der Waals surface area contributed by atoms with E-state index in [0.29, 0.717) is 0 Å². The van der Waals surface area contributed by atoms with E-state index in [0.717, 1.165) is 32.8 Å². The van der Waals surface area contributed by atoms with Crippen LogP contribution in [0.15, 0.2) is 109 Å². The maximum Gasteiger partial charge on any atom is 0.345 e. The molecule has 3 aromatic carbocycles. The Morgan fingerprint density at radius 2 is 0.806 bits per heavy atom. The summed E-state index contributed by atoms with van der Waals surface area (Å²) in [4.78, 5) is 27.6. The molecule has 0 aliphatic rings. The van der Waals surface area contributed by atoms with E-state index < -0.39 is 11.9 Å². The number of carboxylic acids is 2. The van der Waals surface area contributed by atoms with Crippen molar-refractivity contribution in [2.45, 2.75) is 0 Å². The second kappa shape index (κ2) is 10.1. The molecule has 0 aliphatic heterocycles. The Labute approximate surface area is 215 Å². The van der Waals surface area contributed by atoms with E-state index in [1.54, 1.807) is 12.1 Å². The molecule has 0 atom stereocenters. The minimum Gasteiger partial charge on any atom is -0.477 e. The molecule has 2 N–H and O–H groups in total. The van der Waals surface area contributed by atoms with E-state index in [9.17, 15) is 19.8 Å². The first-order chi connectivity index (χ1) is 17.5. The van der Waals surface area contributed by atoms with Crippen LogP contribution in [0.2, 0.25) is 0 Å². The molecule has 6 nitrogen and oxygen atoms in total. The van der Waals surface area contributed by atoms with Gasteiger partial charge < -0.3 is 20.0 Å². The van der Waals surface area contributed by atoms with Crippen LogP contribution in [0, 0.1) is 0 Å². The number of aromatic carboxylic acids is 2. The molecule has 2 aromatic heterocycles. The number of anilines is 6. The first-order valence-corrected chi connectivity index (χ1v) is 12.6. The molecule has 5 rings (SSSR count). The fourth-order valence-corrected chi connectivity index (χ4v) is 5.61. The van der Waals surface area contributed by atoms with Crippen molar-refractivity contribution >= 4 is 67.4 Å². The Morgan fingerprint density at radius 1 is 0.472 bits per heavy atom. The average molecular weight is 513 g/mol. The molecule has 36 heavy (non-hydrogen) atoms. The molecular formula is C28H20N2O4S2. The zero-order chi connectivity index (χ0) is 25.1. The Hall–Kier alpha value is -4.40. The first kappa shape index (κ1) is 23.3. The van der Waals surface area contributed by atoms with Crippen molar-refractivity contribution < 1.29 is 19.8 Å². The number of hydrogen-bond donors (Lipinski definition) is 2. The van der Waals surface area contributed by atoms with E-state index in [1.807, 2.05) is 107 Å². The summed E-state index contributed by atoms with van der Waals surface area (Å²) in [6.07, 6.45) is 0. The second-order valence-electron chi connectivity index (χ2n) is 7.74. The Kier molecular flexibility index (Phi) is 6.53. The normalized spacial score (nSPS) is 10.7. The molecule has 0 saturated carbocycles. The Balaban J connectivity index is 1.56. The highest BCUT2D eigenvalue weighted by Gasteiger charge is 2.19. The molecule has 0 amide bonds. The number of rotatable bonds is 8. The predicted octanol–water partition coefficient (Wildman–Crippen LogP) is 8.15. The highest BCUT2D eigenvalue weighted by Crippen LogP contribution is 2.42. The van der Waals surface area contributed by atoms with Crippen LogP contribution in [0.5, 0.6) is 0 Å². The van der Waals surface area contributed by atoms with Gasteiger partial charge in [0.2, 0.25) is 0 Å². The van der Waals surface area contributed by atoms with Crippen LogP contribution in [0.4, 0.5) is 32.8 Å². The number of carbonyl (C=O) groups is 2. The quantitative estimate of drug-likeness (QED) is 0.218. The van der Waals surface area contributed by atoms with Crippen LogP contribution in [-0.2, 0) is 0 Å². The molecule has 2 heterocycles. The van der Waals surface area contributed by atoms with Gasteiger partial charge in [-0.05, 0) is 72.8 Å². The molecule has 5 aromatic rings. The molecular weight excluding hydrogens is 492 g/mol.